The summed E-state index contributed by atoms with van der Waals surface area (Å²) in [7, 11) is 0. The largest absolute Gasteiger partial charge is 0.369 e. The van der Waals surface area contributed by atoms with Crippen molar-refractivity contribution in [3.05, 3.63) is 23.8 Å². The number of nitrogen functional groups attached to an aromatic ring is 1. The Bertz CT molecular complexity index is 503. The molecule has 1 aromatic carbocycles. The molecule has 0 atom stereocenters. The van der Waals surface area contributed by atoms with Crippen LogP contribution in [-0.4, -0.2) is 9.55 Å². The molecule has 0 aliphatic rings. The topological polar surface area (TPSA) is 43.8 Å². The van der Waals surface area contributed by atoms with Gasteiger partial charge >= 0.3 is 0 Å². The molecule has 15 heavy (non-hydrogen) atoms. The van der Waals surface area contributed by atoms with Crippen molar-refractivity contribution in [1.29, 1.82) is 0 Å². The van der Waals surface area contributed by atoms with Gasteiger partial charge in [-0.2, -0.15) is 0 Å². The first kappa shape index (κ1) is 10.0. The molecular formula is C12H17N3. The Morgan fingerprint density at radius 3 is 2.53 bits per heavy atom. The van der Waals surface area contributed by atoms with Crippen LogP contribution >= 0.6 is 0 Å². The van der Waals surface area contributed by atoms with Crippen molar-refractivity contribution >= 4 is 17.0 Å². The van der Waals surface area contributed by atoms with Crippen LogP contribution in [0, 0.1) is 6.92 Å². The van der Waals surface area contributed by atoms with Gasteiger partial charge in [0.15, 0.2) is 0 Å². The number of hydrogen-bond acceptors (Lipinski definition) is 2. The summed E-state index contributed by atoms with van der Waals surface area (Å²) in [5.74, 6) is 0.586. The number of aryl methyl sites for hydroxylation is 1. The molecule has 3 nitrogen and oxygen atoms in total. The van der Waals surface area contributed by atoms with E-state index in [1.807, 2.05) is 6.07 Å². The van der Waals surface area contributed by atoms with Gasteiger partial charge in [-0.05, 0) is 45.4 Å². The average Bonchev–Trinajstić information content (AvgIpc) is 2.38. The fraction of sp³-hybridized carbons (Fsp3) is 0.417. The SMILES string of the molecule is Cc1ccc2nc(N)n(C(C)(C)C)c2c1. The molecule has 0 aliphatic carbocycles. The van der Waals surface area contributed by atoms with Gasteiger partial charge in [0.25, 0.3) is 0 Å². The second-order valence-electron chi connectivity index (χ2n) is 4.97. The van der Waals surface area contributed by atoms with Crippen LogP contribution in [0.25, 0.3) is 11.0 Å². The number of nitrogens with two attached hydrogens (primary N) is 1. The van der Waals surface area contributed by atoms with Gasteiger partial charge in [0.1, 0.15) is 0 Å². The average molecular weight is 203 g/mol. The zero-order valence-electron chi connectivity index (χ0n) is 9.70. The molecule has 0 spiro atoms. The number of anilines is 1. The molecule has 0 amide bonds. The molecule has 0 bridgehead atoms. The standard InChI is InChI=1S/C12H17N3/c1-8-5-6-9-10(7-8)15(11(13)14-9)12(2,3)4/h5-7H,1-4H3,(H2,13,14). The van der Waals surface area contributed by atoms with Crippen LogP contribution < -0.4 is 5.73 Å². The Morgan fingerprint density at radius 1 is 1.27 bits per heavy atom. The second-order valence-corrected chi connectivity index (χ2v) is 4.97. The van der Waals surface area contributed by atoms with E-state index in [4.69, 9.17) is 5.73 Å². The number of imidazole rings is 1. The number of fused-ring (bicyclic) bond motifs is 1. The molecule has 1 aromatic heterocycles. The van der Waals surface area contributed by atoms with Crippen LogP contribution in [0.4, 0.5) is 5.95 Å². The highest BCUT2D eigenvalue weighted by atomic mass is 15.2. The van der Waals surface area contributed by atoms with Crippen molar-refractivity contribution in [3.63, 3.8) is 0 Å². The molecule has 0 saturated carbocycles. The summed E-state index contributed by atoms with van der Waals surface area (Å²) in [5, 5.41) is 0. The van der Waals surface area contributed by atoms with Gasteiger partial charge < -0.3 is 10.3 Å². The molecule has 2 N–H and O–H groups in total. The third-order valence-corrected chi connectivity index (χ3v) is 2.51. The van der Waals surface area contributed by atoms with E-state index in [1.165, 1.54) is 5.56 Å². The second kappa shape index (κ2) is 2.99. The minimum atomic E-state index is -0.0351. The van der Waals surface area contributed by atoms with Crippen LogP contribution in [0.3, 0.4) is 0 Å². The van der Waals surface area contributed by atoms with Gasteiger partial charge in [0, 0.05) is 5.54 Å². The highest BCUT2D eigenvalue weighted by Gasteiger charge is 2.19. The zero-order chi connectivity index (χ0) is 11.2. The highest BCUT2D eigenvalue weighted by Crippen LogP contribution is 2.26. The Balaban J connectivity index is 2.82. The first-order valence-corrected chi connectivity index (χ1v) is 5.14. The van der Waals surface area contributed by atoms with E-state index in [9.17, 15) is 0 Å². The van der Waals surface area contributed by atoms with E-state index in [0.717, 1.165) is 11.0 Å². The van der Waals surface area contributed by atoms with Crippen molar-refractivity contribution in [2.24, 2.45) is 0 Å². The van der Waals surface area contributed by atoms with Crippen molar-refractivity contribution < 1.29 is 0 Å². The minimum absolute atomic E-state index is 0.0351. The van der Waals surface area contributed by atoms with E-state index < -0.39 is 0 Å². The van der Waals surface area contributed by atoms with E-state index in [-0.39, 0.29) is 5.54 Å². The lowest BCUT2D eigenvalue weighted by Gasteiger charge is -2.23. The van der Waals surface area contributed by atoms with Crippen LogP contribution in [-0.2, 0) is 5.54 Å². The first-order chi connectivity index (χ1) is 6.89. The monoisotopic (exact) mass is 203 g/mol. The van der Waals surface area contributed by atoms with Gasteiger partial charge in [-0.3, -0.25) is 0 Å². The molecule has 0 unspecified atom stereocenters. The first-order valence-electron chi connectivity index (χ1n) is 5.14. The lowest BCUT2D eigenvalue weighted by atomic mass is 10.1. The fourth-order valence-electron chi connectivity index (χ4n) is 1.91. The van der Waals surface area contributed by atoms with Crippen LogP contribution in [0.1, 0.15) is 26.3 Å². The predicted molar refractivity (Wildman–Crippen MR) is 63.9 cm³/mol. The van der Waals surface area contributed by atoms with Gasteiger partial charge in [-0.25, -0.2) is 4.98 Å². The van der Waals surface area contributed by atoms with Gasteiger partial charge in [0.05, 0.1) is 11.0 Å². The molecule has 1 heterocycles. The molecule has 0 radical (unpaired) electrons. The summed E-state index contributed by atoms with van der Waals surface area (Å²) in [4.78, 5) is 4.36. The molecule has 80 valence electrons. The van der Waals surface area contributed by atoms with E-state index in [2.05, 4.69) is 49.4 Å². The van der Waals surface area contributed by atoms with E-state index >= 15 is 0 Å². The Hall–Kier alpha value is -1.51. The number of benzene rings is 1. The number of aromatic nitrogens is 2. The third-order valence-electron chi connectivity index (χ3n) is 2.51. The zero-order valence-corrected chi connectivity index (χ0v) is 9.70. The maximum absolute atomic E-state index is 5.94. The summed E-state index contributed by atoms with van der Waals surface area (Å²) >= 11 is 0. The van der Waals surface area contributed by atoms with Crippen LogP contribution in [0.2, 0.25) is 0 Å². The summed E-state index contributed by atoms with van der Waals surface area (Å²) in [6, 6.07) is 6.20. The van der Waals surface area contributed by atoms with E-state index in [1.54, 1.807) is 0 Å². The smallest absolute Gasteiger partial charge is 0.201 e. The number of nitrogens with zero attached hydrogens (tertiary/aromatic N) is 2. The minimum Gasteiger partial charge on any atom is -0.369 e. The fourth-order valence-corrected chi connectivity index (χ4v) is 1.91. The van der Waals surface area contributed by atoms with Crippen molar-refractivity contribution in [2.75, 3.05) is 5.73 Å². The molecule has 2 aromatic rings. The summed E-state index contributed by atoms with van der Waals surface area (Å²) in [6.45, 7) is 8.47. The maximum Gasteiger partial charge on any atom is 0.201 e. The Labute approximate surface area is 89.9 Å². The van der Waals surface area contributed by atoms with E-state index in [0.29, 0.717) is 5.95 Å². The molecule has 0 aliphatic heterocycles. The highest BCUT2D eigenvalue weighted by molar-refractivity contribution is 5.79. The molecule has 0 fully saturated rings. The lowest BCUT2D eigenvalue weighted by Crippen LogP contribution is -2.23. The maximum atomic E-state index is 5.94. The van der Waals surface area contributed by atoms with Crippen LogP contribution in [0.15, 0.2) is 18.2 Å². The van der Waals surface area contributed by atoms with Crippen molar-refractivity contribution in [2.45, 2.75) is 33.2 Å². The molecule has 0 saturated heterocycles. The predicted octanol–water partition coefficient (Wildman–Crippen LogP) is 2.68. The molecular weight excluding hydrogens is 186 g/mol. The van der Waals surface area contributed by atoms with Crippen molar-refractivity contribution in [3.8, 4) is 0 Å². The molecule has 3 heteroatoms. The quantitative estimate of drug-likeness (QED) is 0.715. The number of rotatable bonds is 0. The summed E-state index contributed by atoms with van der Waals surface area (Å²) in [5.41, 5.74) is 9.21. The van der Waals surface area contributed by atoms with Gasteiger partial charge in [-0.15, -0.1) is 0 Å². The lowest BCUT2D eigenvalue weighted by molar-refractivity contribution is 0.414. The summed E-state index contributed by atoms with van der Waals surface area (Å²) < 4.78 is 2.08. The third kappa shape index (κ3) is 1.58. The van der Waals surface area contributed by atoms with Crippen molar-refractivity contribution in [1.82, 2.24) is 9.55 Å². The Kier molecular flexibility index (Phi) is 2.00. The normalized spacial score (nSPS) is 12.3. The van der Waals surface area contributed by atoms with Gasteiger partial charge in [0.2, 0.25) is 5.95 Å². The number of hydrogen-bond donors (Lipinski definition) is 1. The van der Waals surface area contributed by atoms with Gasteiger partial charge in [-0.1, -0.05) is 6.07 Å². The summed E-state index contributed by atoms with van der Waals surface area (Å²) in [6.07, 6.45) is 0. The Morgan fingerprint density at radius 2 is 1.93 bits per heavy atom. The van der Waals surface area contributed by atoms with Crippen LogP contribution in [0.5, 0.6) is 0 Å². The molecule has 2 rings (SSSR count).